The first-order valence-electron chi connectivity index (χ1n) is 4.97. The second-order valence-corrected chi connectivity index (χ2v) is 3.43. The molecule has 1 heterocycles. The third-order valence-corrected chi connectivity index (χ3v) is 2.23. The van der Waals surface area contributed by atoms with Crippen LogP contribution in [0, 0.1) is 10.1 Å². The van der Waals surface area contributed by atoms with Crippen molar-refractivity contribution in [3.8, 4) is 0 Å². The highest BCUT2D eigenvalue weighted by atomic mass is 16.6. The summed E-state index contributed by atoms with van der Waals surface area (Å²) >= 11 is 0. The Hall–Kier alpha value is -2.76. The van der Waals surface area contributed by atoms with E-state index in [1.54, 1.807) is 0 Å². The molecule has 6 heteroatoms. The third-order valence-electron chi connectivity index (χ3n) is 2.23. The Morgan fingerprint density at radius 1 is 1.17 bits per heavy atom. The minimum atomic E-state index is -0.649. The first kappa shape index (κ1) is 11.7. The molecule has 6 nitrogen and oxygen atoms in total. The molecule has 0 spiro atoms. The summed E-state index contributed by atoms with van der Waals surface area (Å²) in [6, 6.07) is 2.64. The molecule has 0 unspecified atom stereocenters. The highest BCUT2D eigenvalue weighted by molar-refractivity contribution is 6.33. The van der Waals surface area contributed by atoms with Gasteiger partial charge in [-0.05, 0) is 30.4 Å². The lowest BCUT2D eigenvalue weighted by atomic mass is 10.1. The van der Waals surface area contributed by atoms with Gasteiger partial charge in [0.05, 0.1) is 11.6 Å². The Balaban J connectivity index is 2.12. The molecular weight excluding hydrogens is 238 g/mol. The SMILES string of the molecule is O=C1C=CC(=O)C1=CC=Cc1ccc([N+](=O)[O-])o1. The topological polar surface area (TPSA) is 90.4 Å². The largest absolute Gasteiger partial charge is 0.433 e. The van der Waals surface area contributed by atoms with E-state index in [1.807, 2.05) is 0 Å². The van der Waals surface area contributed by atoms with E-state index < -0.39 is 4.92 Å². The van der Waals surface area contributed by atoms with Gasteiger partial charge in [-0.25, -0.2) is 0 Å². The number of nitrogens with zero attached hydrogens (tertiary/aromatic N) is 1. The molecular formula is C12H7NO5. The Morgan fingerprint density at radius 2 is 1.83 bits per heavy atom. The molecule has 0 aliphatic heterocycles. The standard InChI is InChI=1S/C12H7NO5/c14-10-5-6-11(15)9(10)3-1-2-8-4-7-12(18-8)13(16)17/h1-7H. The van der Waals surface area contributed by atoms with Crippen molar-refractivity contribution in [1.29, 1.82) is 0 Å². The van der Waals surface area contributed by atoms with Gasteiger partial charge in [-0.3, -0.25) is 19.7 Å². The highest BCUT2D eigenvalue weighted by Gasteiger charge is 2.18. The minimum absolute atomic E-state index is 0.0623. The van der Waals surface area contributed by atoms with Gasteiger partial charge >= 0.3 is 5.88 Å². The van der Waals surface area contributed by atoms with Crippen molar-refractivity contribution in [2.75, 3.05) is 0 Å². The molecule has 90 valence electrons. The molecule has 0 bridgehead atoms. The fourth-order valence-electron chi connectivity index (χ4n) is 1.39. The first-order chi connectivity index (χ1) is 8.58. The molecule has 0 amide bonds. The Kier molecular flexibility index (Phi) is 3.01. The fraction of sp³-hybridized carbons (Fsp3) is 0. The number of carbonyl (C=O) groups is 2. The van der Waals surface area contributed by atoms with Crippen LogP contribution >= 0.6 is 0 Å². The van der Waals surface area contributed by atoms with Crippen LogP contribution in [0.5, 0.6) is 0 Å². The predicted molar refractivity (Wildman–Crippen MR) is 61.6 cm³/mol. The van der Waals surface area contributed by atoms with E-state index in [1.165, 1.54) is 42.5 Å². The Bertz CT molecular complexity index is 598. The van der Waals surface area contributed by atoms with Gasteiger partial charge in [0.1, 0.15) is 10.7 Å². The molecule has 0 radical (unpaired) electrons. The molecule has 0 saturated heterocycles. The smallest absolute Gasteiger partial charge is 0.401 e. The zero-order valence-corrected chi connectivity index (χ0v) is 9.03. The van der Waals surface area contributed by atoms with Crippen LogP contribution in [0.1, 0.15) is 5.76 Å². The van der Waals surface area contributed by atoms with Crippen LogP contribution in [0.15, 0.2) is 46.4 Å². The summed E-state index contributed by atoms with van der Waals surface area (Å²) in [5.41, 5.74) is 0.0623. The van der Waals surface area contributed by atoms with Crippen LogP contribution < -0.4 is 0 Å². The van der Waals surface area contributed by atoms with E-state index in [-0.39, 0.29) is 28.8 Å². The predicted octanol–water partition coefficient (Wildman–Crippen LogP) is 1.84. The maximum Gasteiger partial charge on any atom is 0.433 e. The normalized spacial score (nSPS) is 14.8. The van der Waals surface area contributed by atoms with Gasteiger partial charge in [-0.1, -0.05) is 6.08 Å². The van der Waals surface area contributed by atoms with Crippen molar-refractivity contribution in [3.63, 3.8) is 0 Å². The quantitative estimate of drug-likeness (QED) is 0.350. The van der Waals surface area contributed by atoms with Crippen LogP contribution in [-0.4, -0.2) is 16.5 Å². The van der Waals surface area contributed by atoms with Crippen molar-refractivity contribution in [1.82, 2.24) is 0 Å². The number of allylic oxidation sites excluding steroid dienone is 5. The van der Waals surface area contributed by atoms with Crippen molar-refractivity contribution < 1.29 is 18.9 Å². The lowest BCUT2D eigenvalue weighted by Crippen LogP contribution is -1.99. The fourth-order valence-corrected chi connectivity index (χ4v) is 1.39. The Labute approximate surface area is 101 Å². The van der Waals surface area contributed by atoms with Crippen LogP contribution in [0.2, 0.25) is 0 Å². The van der Waals surface area contributed by atoms with Crippen molar-refractivity contribution in [2.24, 2.45) is 0 Å². The lowest BCUT2D eigenvalue weighted by Gasteiger charge is -1.88. The van der Waals surface area contributed by atoms with Crippen LogP contribution in [0.3, 0.4) is 0 Å². The van der Waals surface area contributed by atoms with E-state index in [0.717, 1.165) is 0 Å². The summed E-state index contributed by atoms with van der Waals surface area (Å²) in [4.78, 5) is 32.1. The molecule has 0 saturated carbocycles. The zero-order chi connectivity index (χ0) is 13.1. The minimum Gasteiger partial charge on any atom is -0.401 e. The molecule has 0 atom stereocenters. The second-order valence-electron chi connectivity index (χ2n) is 3.43. The number of hydrogen-bond donors (Lipinski definition) is 0. The summed E-state index contributed by atoms with van der Waals surface area (Å²) in [5, 5.41) is 10.4. The summed E-state index contributed by atoms with van der Waals surface area (Å²) in [6.07, 6.45) is 6.60. The maximum atomic E-state index is 11.2. The first-order valence-corrected chi connectivity index (χ1v) is 4.97. The number of nitro groups is 1. The molecule has 18 heavy (non-hydrogen) atoms. The van der Waals surface area contributed by atoms with E-state index >= 15 is 0 Å². The molecule has 1 aliphatic carbocycles. The molecule has 1 aliphatic rings. The Morgan fingerprint density at radius 3 is 2.39 bits per heavy atom. The van der Waals surface area contributed by atoms with Crippen LogP contribution in [-0.2, 0) is 9.59 Å². The number of carbonyl (C=O) groups excluding carboxylic acids is 2. The molecule has 2 rings (SSSR count). The van der Waals surface area contributed by atoms with Gasteiger partial charge in [-0.2, -0.15) is 0 Å². The van der Waals surface area contributed by atoms with Crippen molar-refractivity contribution >= 4 is 23.5 Å². The number of furan rings is 1. The molecule has 1 aromatic heterocycles. The second kappa shape index (κ2) is 4.62. The van der Waals surface area contributed by atoms with Gasteiger partial charge in [0.15, 0.2) is 11.6 Å². The maximum absolute atomic E-state index is 11.2. The summed E-state index contributed by atoms with van der Waals surface area (Å²) in [5.74, 6) is -0.799. The van der Waals surface area contributed by atoms with Gasteiger partial charge in [0.25, 0.3) is 0 Å². The lowest BCUT2D eigenvalue weighted by molar-refractivity contribution is -0.402. The van der Waals surface area contributed by atoms with E-state index in [9.17, 15) is 19.7 Å². The zero-order valence-electron chi connectivity index (χ0n) is 9.03. The molecule has 1 aromatic rings. The van der Waals surface area contributed by atoms with E-state index in [0.29, 0.717) is 0 Å². The van der Waals surface area contributed by atoms with Gasteiger partial charge in [0, 0.05) is 0 Å². The average Bonchev–Trinajstić information content (AvgIpc) is 2.90. The van der Waals surface area contributed by atoms with Gasteiger partial charge in [0.2, 0.25) is 0 Å². The summed E-state index contributed by atoms with van der Waals surface area (Å²) < 4.78 is 4.86. The van der Waals surface area contributed by atoms with E-state index in [2.05, 4.69) is 0 Å². The number of ketones is 2. The average molecular weight is 245 g/mol. The van der Waals surface area contributed by atoms with Gasteiger partial charge in [-0.15, -0.1) is 0 Å². The highest BCUT2D eigenvalue weighted by Crippen LogP contribution is 2.17. The van der Waals surface area contributed by atoms with Crippen LogP contribution in [0.4, 0.5) is 5.88 Å². The third kappa shape index (κ3) is 2.32. The number of rotatable bonds is 3. The van der Waals surface area contributed by atoms with Crippen molar-refractivity contribution in [3.05, 3.63) is 57.9 Å². The van der Waals surface area contributed by atoms with E-state index in [4.69, 9.17) is 4.42 Å². The molecule has 0 N–H and O–H groups in total. The molecule has 0 fully saturated rings. The summed E-state index contributed by atoms with van der Waals surface area (Å²) in [7, 11) is 0. The van der Waals surface area contributed by atoms with Gasteiger partial charge < -0.3 is 4.42 Å². The monoisotopic (exact) mass is 245 g/mol. The van der Waals surface area contributed by atoms with Crippen LogP contribution in [0.25, 0.3) is 6.08 Å². The number of hydrogen-bond acceptors (Lipinski definition) is 5. The summed E-state index contributed by atoms with van der Waals surface area (Å²) in [6.45, 7) is 0. The molecule has 0 aromatic carbocycles. The van der Waals surface area contributed by atoms with Crippen molar-refractivity contribution in [2.45, 2.75) is 0 Å².